The van der Waals surface area contributed by atoms with E-state index in [9.17, 15) is 4.79 Å². The van der Waals surface area contributed by atoms with Crippen LogP contribution in [0.2, 0.25) is 0 Å². The van der Waals surface area contributed by atoms with Crippen molar-refractivity contribution in [2.75, 3.05) is 6.61 Å². The number of para-hydroxylation sites is 1. The molecule has 0 spiro atoms. The summed E-state index contributed by atoms with van der Waals surface area (Å²) in [5.41, 5.74) is 1.67. The first-order valence-electron chi connectivity index (χ1n) is 7.61. The van der Waals surface area contributed by atoms with Gasteiger partial charge in [0.15, 0.2) is 0 Å². The first-order valence-corrected chi connectivity index (χ1v) is 8.49. The van der Waals surface area contributed by atoms with E-state index in [1.54, 1.807) is 6.20 Å². The molecule has 24 heavy (non-hydrogen) atoms. The number of nitrogens with zero attached hydrogens (tertiary/aromatic N) is 2. The number of pyridine rings is 1. The minimum atomic E-state index is -0.0551. The molecule has 5 nitrogen and oxygen atoms in total. The molecule has 0 saturated carbocycles. The fraction of sp³-hybridized carbons (Fsp3) is 0.167. The predicted molar refractivity (Wildman–Crippen MR) is 93.7 cm³/mol. The van der Waals surface area contributed by atoms with Crippen molar-refractivity contribution >= 4 is 17.2 Å². The summed E-state index contributed by atoms with van der Waals surface area (Å²) in [7, 11) is 0. The number of hydrogen-bond donors (Lipinski definition) is 1. The molecular formula is C18H17N3O2S. The number of amides is 1. The van der Waals surface area contributed by atoms with Gasteiger partial charge in [-0.3, -0.25) is 9.78 Å². The topological polar surface area (TPSA) is 64.1 Å². The molecular weight excluding hydrogens is 322 g/mol. The Bertz CT molecular complexity index is 775. The average Bonchev–Trinajstić information content (AvgIpc) is 3.11. The smallest absolute Gasteiger partial charge is 0.223 e. The van der Waals surface area contributed by atoms with Gasteiger partial charge >= 0.3 is 0 Å². The van der Waals surface area contributed by atoms with Gasteiger partial charge in [-0.2, -0.15) is 0 Å². The fourth-order valence-electron chi connectivity index (χ4n) is 2.06. The molecule has 0 aliphatic rings. The van der Waals surface area contributed by atoms with Crippen LogP contribution in [0.4, 0.5) is 0 Å². The SMILES string of the molecule is O=C(CCOc1ccccc1)NCc1nc(-c2ccccn2)cs1. The lowest BCUT2D eigenvalue weighted by Gasteiger charge is -2.06. The summed E-state index contributed by atoms with van der Waals surface area (Å²) in [6.07, 6.45) is 2.05. The first-order chi connectivity index (χ1) is 11.8. The lowest BCUT2D eigenvalue weighted by Crippen LogP contribution is -2.24. The van der Waals surface area contributed by atoms with Crippen molar-refractivity contribution < 1.29 is 9.53 Å². The summed E-state index contributed by atoms with van der Waals surface area (Å²) in [6.45, 7) is 0.772. The van der Waals surface area contributed by atoms with Crippen molar-refractivity contribution in [3.63, 3.8) is 0 Å². The third-order valence-corrected chi connectivity index (χ3v) is 4.11. The van der Waals surface area contributed by atoms with Gasteiger partial charge in [-0.15, -0.1) is 11.3 Å². The molecule has 1 aromatic carbocycles. The fourth-order valence-corrected chi connectivity index (χ4v) is 2.79. The molecule has 2 heterocycles. The van der Waals surface area contributed by atoms with E-state index in [1.165, 1.54) is 11.3 Å². The molecule has 0 aliphatic carbocycles. The van der Waals surface area contributed by atoms with Crippen molar-refractivity contribution in [3.05, 3.63) is 65.1 Å². The molecule has 0 saturated heterocycles. The van der Waals surface area contributed by atoms with E-state index in [0.717, 1.165) is 22.1 Å². The zero-order valence-electron chi connectivity index (χ0n) is 13.0. The Morgan fingerprint density at radius 3 is 2.71 bits per heavy atom. The number of aromatic nitrogens is 2. The third-order valence-electron chi connectivity index (χ3n) is 3.26. The number of nitrogens with one attached hydrogen (secondary N) is 1. The highest BCUT2D eigenvalue weighted by atomic mass is 32.1. The van der Waals surface area contributed by atoms with E-state index in [4.69, 9.17) is 4.74 Å². The predicted octanol–water partition coefficient (Wildman–Crippen LogP) is 3.29. The van der Waals surface area contributed by atoms with Gasteiger partial charge in [0.05, 0.1) is 31.0 Å². The first kappa shape index (κ1) is 16.1. The Hall–Kier alpha value is -2.73. The summed E-state index contributed by atoms with van der Waals surface area (Å²) in [5.74, 6) is 0.714. The second-order valence-corrected chi connectivity index (χ2v) is 5.97. The van der Waals surface area contributed by atoms with Gasteiger partial charge in [0, 0.05) is 11.6 Å². The van der Waals surface area contributed by atoms with E-state index in [2.05, 4.69) is 15.3 Å². The van der Waals surface area contributed by atoms with Crippen molar-refractivity contribution in [2.24, 2.45) is 0 Å². The Labute approximate surface area is 144 Å². The van der Waals surface area contributed by atoms with Crippen LogP contribution in [0.25, 0.3) is 11.4 Å². The van der Waals surface area contributed by atoms with Crippen LogP contribution >= 0.6 is 11.3 Å². The van der Waals surface area contributed by atoms with Gasteiger partial charge in [0.2, 0.25) is 5.91 Å². The molecule has 0 unspecified atom stereocenters. The largest absolute Gasteiger partial charge is 0.493 e. The van der Waals surface area contributed by atoms with Crippen molar-refractivity contribution in [1.29, 1.82) is 0 Å². The van der Waals surface area contributed by atoms with Crippen molar-refractivity contribution in [3.8, 4) is 17.1 Å². The zero-order valence-corrected chi connectivity index (χ0v) is 13.8. The standard InChI is InChI=1S/C18H17N3O2S/c22-17(9-11-23-14-6-2-1-3-7-14)20-12-18-21-16(13-24-18)15-8-4-5-10-19-15/h1-8,10,13H,9,11-12H2,(H,20,22). The van der Waals surface area contributed by atoms with Crippen LogP contribution in [0.5, 0.6) is 5.75 Å². The number of hydrogen-bond acceptors (Lipinski definition) is 5. The second kappa shape index (κ2) is 8.21. The van der Waals surface area contributed by atoms with Crippen LogP contribution in [-0.2, 0) is 11.3 Å². The quantitative estimate of drug-likeness (QED) is 0.717. The zero-order chi connectivity index (χ0) is 16.6. The lowest BCUT2D eigenvalue weighted by molar-refractivity contribution is -0.121. The van der Waals surface area contributed by atoms with Crippen LogP contribution in [0.3, 0.4) is 0 Å². The number of benzene rings is 1. The van der Waals surface area contributed by atoms with E-state index in [-0.39, 0.29) is 5.91 Å². The number of carbonyl (C=O) groups excluding carboxylic acids is 1. The van der Waals surface area contributed by atoms with E-state index in [1.807, 2.05) is 53.9 Å². The van der Waals surface area contributed by atoms with Crippen LogP contribution in [0, 0.1) is 0 Å². The normalized spacial score (nSPS) is 10.3. The maximum Gasteiger partial charge on any atom is 0.223 e. The highest BCUT2D eigenvalue weighted by molar-refractivity contribution is 7.09. The molecule has 6 heteroatoms. The Morgan fingerprint density at radius 1 is 1.08 bits per heavy atom. The van der Waals surface area contributed by atoms with E-state index < -0.39 is 0 Å². The number of ether oxygens (including phenoxy) is 1. The van der Waals surface area contributed by atoms with Gasteiger partial charge in [-0.05, 0) is 24.3 Å². The van der Waals surface area contributed by atoms with Crippen LogP contribution in [0.15, 0.2) is 60.1 Å². The molecule has 1 N–H and O–H groups in total. The summed E-state index contributed by atoms with van der Waals surface area (Å²) >= 11 is 1.51. The Morgan fingerprint density at radius 2 is 1.92 bits per heavy atom. The minimum Gasteiger partial charge on any atom is -0.493 e. The lowest BCUT2D eigenvalue weighted by atomic mass is 10.3. The van der Waals surface area contributed by atoms with Crippen LogP contribution in [0.1, 0.15) is 11.4 Å². The summed E-state index contributed by atoms with van der Waals surface area (Å²) in [5, 5.41) is 5.66. The van der Waals surface area contributed by atoms with Gasteiger partial charge in [0.1, 0.15) is 10.8 Å². The molecule has 0 fully saturated rings. The highest BCUT2D eigenvalue weighted by Crippen LogP contribution is 2.19. The highest BCUT2D eigenvalue weighted by Gasteiger charge is 2.07. The Balaban J connectivity index is 1.42. The van der Waals surface area contributed by atoms with E-state index in [0.29, 0.717) is 19.6 Å². The molecule has 3 rings (SSSR count). The molecule has 0 aliphatic heterocycles. The monoisotopic (exact) mass is 339 g/mol. The number of thiazole rings is 1. The summed E-state index contributed by atoms with van der Waals surface area (Å²) < 4.78 is 5.51. The van der Waals surface area contributed by atoms with Gasteiger partial charge in [-0.1, -0.05) is 24.3 Å². The molecule has 3 aromatic rings. The van der Waals surface area contributed by atoms with Gasteiger partial charge in [0.25, 0.3) is 0 Å². The molecule has 0 atom stereocenters. The Kier molecular flexibility index (Phi) is 5.52. The maximum absolute atomic E-state index is 11.9. The summed E-state index contributed by atoms with van der Waals surface area (Å²) in [6, 6.07) is 15.2. The molecule has 122 valence electrons. The minimum absolute atomic E-state index is 0.0551. The molecule has 2 aromatic heterocycles. The van der Waals surface area contributed by atoms with Gasteiger partial charge in [-0.25, -0.2) is 4.98 Å². The number of rotatable bonds is 7. The van der Waals surface area contributed by atoms with Gasteiger partial charge < -0.3 is 10.1 Å². The molecule has 0 radical (unpaired) electrons. The molecule has 1 amide bonds. The van der Waals surface area contributed by atoms with Crippen LogP contribution < -0.4 is 10.1 Å². The van der Waals surface area contributed by atoms with Crippen LogP contribution in [-0.4, -0.2) is 22.5 Å². The van der Waals surface area contributed by atoms with Crippen molar-refractivity contribution in [2.45, 2.75) is 13.0 Å². The summed E-state index contributed by atoms with van der Waals surface area (Å²) in [4.78, 5) is 20.6. The maximum atomic E-state index is 11.9. The van der Waals surface area contributed by atoms with Crippen molar-refractivity contribution in [1.82, 2.24) is 15.3 Å². The number of carbonyl (C=O) groups is 1. The average molecular weight is 339 g/mol. The van der Waals surface area contributed by atoms with E-state index >= 15 is 0 Å². The second-order valence-electron chi connectivity index (χ2n) is 5.03. The molecule has 0 bridgehead atoms. The third kappa shape index (κ3) is 4.63.